The molecule has 0 heterocycles. The summed E-state index contributed by atoms with van der Waals surface area (Å²) in [5.74, 6) is -0.409. The molecule has 0 radical (unpaired) electrons. The van der Waals surface area contributed by atoms with E-state index in [-0.39, 0.29) is 30.3 Å². The van der Waals surface area contributed by atoms with Crippen LogP contribution in [0.15, 0.2) is 48.5 Å². The van der Waals surface area contributed by atoms with Crippen molar-refractivity contribution in [3.63, 3.8) is 0 Å². The van der Waals surface area contributed by atoms with Gasteiger partial charge in [0, 0.05) is 41.6 Å². The summed E-state index contributed by atoms with van der Waals surface area (Å²) in [4.78, 5) is 38.4. The molecule has 0 aliphatic heterocycles. The Bertz CT molecular complexity index is 874. The van der Waals surface area contributed by atoms with Gasteiger partial charge >= 0.3 is 0 Å². The molecule has 160 valence electrons. The molecule has 2 aromatic carbocycles. The number of nitrogens with one attached hydrogen (secondary N) is 3. The molecule has 7 nitrogen and oxygen atoms in total. The normalized spacial score (nSPS) is 10.4. The second-order valence-corrected chi connectivity index (χ2v) is 7.17. The van der Waals surface area contributed by atoms with Gasteiger partial charge in [0.05, 0.1) is 6.54 Å². The molecule has 0 saturated carbocycles. The third-order valence-electron chi connectivity index (χ3n) is 4.46. The summed E-state index contributed by atoms with van der Waals surface area (Å²) < 4.78 is 0. The molecule has 0 fully saturated rings. The van der Waals surface area contributed by atoms with Gasteiger partial charge < -0.3 is 20.9 Å². The van der Waals surface area contributed by atoms with Gasteiger partial charge in [-0.2, -0.15) is 0 Å². The number of carbonyl (C=O) groups excluding carboxylic acids is 3. The van der Waals surface area contributed by atoms with Crippen LogP contribution in [0.1, 0.15) is 48.4 Å². The highest BCUT2D eigenvalue weighted by atomic mass is 16.2. The molecule has 0 unspecified atom stereocenters. The number of rotatable bonds is 9. The molecule has 30 heavy (non-hydrogen) atoms. The molecule has 0 atom stereocenters. The fourth-order valence-corrected chi connectivity index (χ4v) is 2.89. The maximum absolute atomic E-state index is 12.3. The fraction of sp³-hybridized carbons (Fsp3) is 0.348. The summed E-state index contributed by atoms with van der Waals surface area (Å²) in [5.41, 5.74) is 2.42. The Morgan fingerprint density at radius 3 is 2.17 bits per heavy atom. The Hall–Kier alpha value is -3.35. The van der Waals surface area contributed by atoms with Crippen LogP contribution in [-0.4, -0.2) is 48.3 Å². The SMILES string of the molecule is CCN(CC)C(=O)c1ccc(NC(=O)CNc2cccc(C(=O)NC(C)C)c2)cc1. The average molecular weight is 411 g/mol. The number of carbonyl (C=O) groups is 3. The molecule has 3 amide bonds. The highest BCUT2D eigenvalue weighted by Gasteiger charge is 2.12. The third kappa shape index (κ3) is 6.62. The smallest absolute Gasteiger partial charge is 0.253 e. The molecular formula is C23H30N4O3. The van der Waals surface area contributed by atoms with Crippen molar-refractivity contribution in [2.45, 2.75) is 33.7 Å². The van der Waals surface area contributed by atoms with Crippen LogP contribution >= 0.6 is 0 Å². The summed E-state index contributed by atoms with van der Waals surface area (Å²) in [7, 11) is 0. The molecule has 0 aliphatic rings. The van der Waals surface area contributed by atoms with Gasteiger partial charge in [-0.3, -0.25) is 14.4 Å². The molecule has 7 heteroatoms. The second kappa shape index (κ2) is 11.0. The zero-order valence-corrected chi connectivity index (χ0v) is 18.0. The van der Waals surface area contributed by atoms with Gasteiger partial charge in [-0.15, -0.1) is 0 Å². The van der Waals surface area contributed by atoms with Crippen molar-refractivity contribution < 1.29 is 14.4 Å². The Labute approximate surface area is 177 Å². The summed E-state index contributed by atoms with van der Waals surface area (Å²) in [6, 6.07) is 13.9. The van der Waals surface area contributed by atoms with Crippen molar-refractivity contribution in [2.75, 3.05) is 30.3 Å². The summed E-state index contributed by atoms with van der Waals surface area (Å²) >= 11 is 0. The van der Waals surface area contributed by atoms with Crippen LogP contribution < -0.4 is 16.0 Å². The first kappa shape index (κ1) is 22.9. The first-order valence-electron chi connectivity index (χ1n) is 10.2. The first-order chi connectivity index (χ1) is 14.3. The van der Waals surface area contributed by atoms with Gasteiger partial charge in [0.1, 0.15) is 0 Å². The first-order valence-corrected chi connectivity index (χ1v) is 10.2. The topological polar surface area (TPSA) is 90.5 Å². The molecule has 2 aromatic rings. The van der Waals surface area contributed by atoms with E-state index in [4.69, 9.17) is 0 Å². The Kier molecular flexibility index (Phi) is 8.41. The number of amides is 3. The standard InChI is InChI=1S/C23H30N4O3/c1-5-27(6-2)23(30)17-10-12-19(13-11-17)26-21(28)15-24-20-9-7-8-18(14-20)22(29)25-16(3)4/h7-14,16,24H,5-6,15H2,1-4H3,(H,25,29)(H,26,28). The van der Waals surface area contributed by atoms with E-state index in [1.165, 1.54) is 0 Å². The zero-order valence-electron chi connectivity index (χ0n) is 18.0. The minimum atomic E-state index is -0.227. The minimum absolute atomic E-state index is 0.0269. The average Bonchev–Trinajstić information content (AvgIpc) is 2.73. The van der Waals surface area contributed by atoms with Crippen molar-refractivity contribution in [3.8, 4) is 0 Å². The van der Waals surface area contributed by atoms with Crippen LogP contribution in [0, 0.1) is 0 Å². The number of hydrogen-bond donors (Lipinski definition) is 3. The van der Waals surface area contributed by atoms with Gasteiger partial charge in [-0.1, -0.05) is 6.07 Å². The number of anilines is 2. The summed E-state index contributed by atoms with van der Waals surface area (Å²) in [5, 5.41) is 8.65. The van der Waals surface area contributed by atoms with Gasteiger partial charge in [-0.05, 0) is 70.2 Å². The largest absolute Gasteiger partial charge is 0.376 e. The molecule has 0 aromatic heterocycles. The quantitative estimate of drug-likeness (QED) is 0.591. The molecule has 2 rings (SSSR count). The highest BCUT2D eigenvalue weighted by Crippen LogP contribution is 2.13. The summed E-state index contributed by atoms with van der Waals surface area (Å²) in [6.45, 7) is 9.03. The number of nitrogens with zero attached hydrogens (tertiary/aromatic N) is 1. The van der Waals surface area contributed by atoms with Gasteiger partial charge in [0.25, 0.3) is 11.8 Å². The monoisotopic (exact) mass is 410 g/mol. The summed E-state index contributed by atoms with van der Waals surface area (Å²) in [6.07, 6.45) is 0. The molecule has 0 bridgehead atoms. The molecule has 3 N–H and O–H groups in total. The van der Waals surface area contributed by atoms with Gasteiger partial charge in [0.2, 0.25) is 5.91 Å². The van der Waals surface area contributed by atoms with Crippen molar-refractivity contribution >= 4 is 29.1 Å². The van der Waals surface area contributed by atoms with Crippen LogP contribution in [0.2, 0.25) is 0 Å². The lowest BCUT2D eigenvalue weighted by molar-refractivity contribution is -0.114. The Morgan fingerprint density at radius 2 is 1.57 bits per heavy atom. The zero-order chi connectivity index (χ0) is 22.1. The van der Waals surface area contributed by atoms with E-state index in [0.717, 1.165) is 0 Å². The van der Waals surface area contributed by atoms with E-state index in [9.17, 15) is 14.4 Å². The van der Waals surface area contributed by atoms with E-state index in [1.807, 2.05) is 27.7 Å². The predicted molar refractivity (Wildman–Crippen MR) is 120 cm³/mol. The maximum atomic E-state index is 12.3. The van der Waals surface area contributed by atoms with E-state index >= 15 is 0 Å². The molecular weight excluding hydrogens is 380 g/mol. The lowest BCUT2D eigenvalue weighted by Gasteiger charge is -2.18. The molecule has 0 aliphatic carbocycles. The van der Waals surface area contributed by atoms with Crippen LogP contribution in [0.5, 0.6) is 0 Å². The van der Waals surface area contributed by atoms with E-state index < -0.39 is 0 Å². The number of hydrogen-bond acceptors (Lipinski definition) is 4. The van der Waals surface area contributed by atoms with Crippen molar-refractivity contribution in [1.29, 1.82) is 0 Å². The third-order valence-corrected chi connectivity index (χ3v) is 4.46. The van der Waals surface area contributed by atoms with Crippen molar-refractivity contribution in [3.05, 3.63) is 59.7 Å². The number of benzene rings is 2. The van der Waals surface area contributed by atoms with Crippen LogP contribution in [-0.2, 0) is 4.79 Å². The van der Waals surface area contributed by atoms with Gasteiger partial charge in [0.15, 0.2) is 0 Å². The molecule has 0 saturated heterocycles. The predicted octanol–water partition coefficient (Wildman–Crippen LogP) is 3.36. The van der Waals surface area contributed by atoms with Crippen molar-refractivity contribution in [2.24, 2.45) is 0 Å². The highest BCUT2D eigenvalue weighted by molar-refractivity contribution is 5.97. The minimum Gasteiger partial charge on any atom is -0.376 e. The van der Waals surface area contributed by atoms with Crippen LogP contribution in [0.25, 0.3) is 0 Å². The maximum Gasteiger partial charge on any atom is 0.253 e. The Morgan fingerprint density at radius 1 is 0.900 bits per heavy atom. The fourth-order valence-electron chi connectivity index (χ4n) is 2.89. The lowest BCUT2D eigenvalue weighted by atomic mass is 10.1. The van der Waals surface area contributed by atoms with Crippen LogP contribution in [0.3, 0.4) is 0 Å². The van der Waals surface area contributed by atoms with E-state index in [1.54, 1.807) is 53.4 Å². The van der Waals surface area contributed by atoms with Gasteiger partial charge in [-0.25, -0.2) is 0 Å². The Balaban J connectivity index is 1.91. The van der Waals surface area contributed by atoms with Crippen LogP contribution in [0.4, 0.5) is 11.4 Å². The van der Waals surface area contributed by atoms with E-state index in [0.29, 0.717) is 35.6 Å². The second-order valence-electron chi connectivity index (χ2n) is 7.17. The molecule has 0 spiro atoms. The van der Waals surface area contributed by atoms with E-state index in [2.05, 4.69) is 16.0 Å². The van der Waals surface area contributed by atoms with Crippen molar-refractivity contribution in [1.82, 2.24) is 10.2 Å². The lowest BCUT2D eigenvalue weighted by Crippen LogP contribution is -2.30.